The molecule has 1 aromatic rings. The molecule has 6 heteroatoms. The van der Waals surface area contributed by atoms with Gasteiger partial charge in [0, 0.05) is 0 Å². The van der Waals surface area contributed by atoms with E-state index >= 15 is 0 Å². The van der Waals surface area contributed by atoms with Gasteiger partial charge in [0.05, 0.1) is 19.3 Å². The lowest BCUT2D eigenvalue weighted by Crippen LogP contribution is -2.53. The van der Waals surface area contributed by atoms with Crippen LogP contribution in [0.25, 0.3) is 0 Å². The van der Waals surface area contributed by atoms with Crippen LogP contribution in [-0.2, 0) is 9.53 Å². The summed E-state index contributed by atoms with van der Waals surface area (Å²) in [6.45, 7) is 2.02. The number of benzene rings is 1. The molecule has 1 aliphatic heterocycles. The molecular formula is C15H19NO5. The Morgan fingerprint density at radius 2 is 2.00 bits per heavy atom. The van der Waals surface area contributed by atoms with Crippen molar-refractivity contribution in [2.75, 3.05) is 13.2 Å². The van der Waals surface area contributed by atoms with Gasteiger partial charge in [0.25, 0.3) is 0 Å². The van der Waals surface area contributed by atoms with E-state index in [-0.39, 0.29) is 13.2 Å². The Bertz CT molecular complexity index is 490. The second-order valence-electron chi connectivity index (χ2n) is 4.83. The Hall–Kier alpha value is -2.08. The number of piperidine rings is 1. The van der Waals surface area contributed by atoms with Crippen LogP contribution in [0.5, 0.6) is 5.75 Å². The Morgan fingerprint density at radius 1 is 1.29 bits per heavy atom. The third kappa shape index (κ3) is 3.95. The number of hydrogen-bond acceptors (Lipinski definition) is 5. The predicted molar refractivity (Wildman–Crippen MR) is 74.8 cm³/mol. The SMILES string of the molecule is CCOC(=O)[C@@H]1CC[C@@H](O)CN1C(=O)Oc1ccccc1. The highest BCUT2D eigenvalue weighted by molar-refractivity contribution is 5.82. The number of rotatable bonds is 3. The number of nitrogens with zero attached hydrogens (tertiary/aromatic N) is 1. The average molecular weight is 293 g/mol. The number of amides is 1. The lowest BCUT2D eigenvalue weighted by Gasteiger charge is -2.35. The molecule has 1 aromatic carbocycles. The maximum Gasteiger partial charge on any atom is 0.416 e. The summed E-state index contributed by atoms with van der Waals surface area (Å²) in [7, 11) is 0. The first kappa shape index (κ1) is 15.3. The molecule has 2 atom stereocenters. The summed E-state index contributed by atoms with van der Waals surface area (Å²) in [5.41, 5.74) is 0. The normalized spacial score (nSPS) is 21.7. The molecule has 0 saturated carbocycles. The maximum absolute atomic E-state index is 12.2. The minimum Gasteiger partial charge on any atom is -0.464 e. The minimum absolute atomic E-state index is 0.0646. The number of carbonyl (C=O) groups excluding carboxylic acids is 2. The molecule has 0 bridgehead atoms. The van der Waals surface area contributed by atoms with Gasteiger partial charge >= 0.3 is 12.1 Å². The average Bonchev–Trinajstić information content (AvgIpc) is 2.48. The first-order chi connectivity index (χ1) is 10.1. The molecule has 1 aliphatic rings. The number of carbonyl (C=O) groups is 2. The molecule has 1 fully saturated rings. The molecular weight excluding hydrogens is 274 g/mol. The molecule has 0 spiro atoms. The van der Waals surface area contributed by atoms with E-state index in [4.69, 9.17) is 9.47 Å². The van der Waals surface area contributed by atoms with Crippen molar-refractivity contribution in [1.82, 2.24) is 4.90 Å². The molecule has 1 N–H and O–H groups in total. The fraction of sp³-hybridized carbons (Fsp3) is 0.467. The second-order valence-corrected chi connectivity index (χ2v) is 4.83. The summed E-state index contributed by atoms with van der Waals surface area (Å²) < 4.78 is 10.2. The van der Waals surface area contributed by atoms with Gasteiger partial charge in [0.15, 0.2) is 0 Å². The predicted octanol–water partition coefficient (Wildman–Crippen LogP) is 1.57. The quantitative estimate of drug-likeness (QED) is 0.856. The zero-order valence-corrected chi connectivity index (χ0v) is 11.9. The van der Waals surface area contributed by atoms with E-state index in [0.717, 1.165) is 0 Å². The molecule has 0 aliphatic carbocycles. The van der Waals surface area contributed by atoms with Gasteiger partial charge in [-0.15, -0.1) is 0 Å². The van der Waals surface area contributed by atoms with Crippen LogP contribution < -0.4 is 4.74 Å². The van der Waals surface area contributed by atoms with E-state index in [1.807, 2.05) is 6.07 Å². The number of aliphatic hydroxyl groups is 1. The van der Waals surface area contributed by atoms with E-state index in [0.29, 0.717) is 18.6 Å². The summed E-state index contributed by atoms with van der Waals surface area (Å²) in [6, 6.07) is 7.90. The summed E-state index contributed by atoms with van der Waals surface area (Å²) in [4.78, 5) is 25.4. The molecule has 1 saturated heterocycles. The van der Waals surface area contributed by atoms with Crippen molar-refractivity contribution in [1.29, 1.82) is 0 Å². The van der Waals surface area contributed by atoms with Crippen LogP contribution in [0, 0.1) is 0 Å². The topological polar surface area (TPSA) is 76.1 Å². The van der Waals surface area contributed by atoms with Crippen molar-refractivity contribution >= 4 is 12.1 Å². The summed E-state index contributed by atoms with van der Waals surface area (Å²) >= 11 is 0. The van der Waals surface area contributed by atoms with Crippen LogP contribution in [-0.4, -0.2) is 47.4 Å². The van der Waals surface area contributed by atoms with E-state index in [1.165, 1.54) is 4.90 Å². The van der Waals surface area contributed by atoms with Gasteiger partial charge in [0.2, 0.25) is 0 Å². The van der Waals surface area contributed by atoms with Gasteiger partial charge in [-0.2, -0.15) is 0 Å². The minimum atomic E-state index is -0.704. The lowest BCUT2D eigenvalue weighted by molar-refractivity contribution is -0.151. The van der Waals surface area contributed by atoms with E-state index in [2.05, 4.69) is 0 Å². The molecule has 2 rings (SSSR count). The Labute approximate surface area is 123 Å². The van der Waals surface area contributed by atoms with Gasteiger partial charge in [-0.25, -0.2) is 9.59 Å². The molecule has 0 unspecified atom stereocenters. The van der Waals surface area contributed by atoms with Crippen LogP contribution >= 0.6 is 0 Å². The van der Waals surface area contributed by atoms with Crippen LogP contribution in [0.4, 0.5) is 4.79 Å². The third-order valence-corrected chi connectivity index (χ3v) is 3.30. The number of esters is 1. The van der Waals surface area contributed by atoms with Crippen molar-refractivity contribution < 1.29 is 24.2 Å². The fourth-order valence-corrected chi connectivity index (χ4v) is 2.28. The van der Waals surface area contributed by atoms with Gasteiger partial charge in [-0.05, 0) is 31.9 Å². The number of aliphatic hydroxyl groups excluding tert-OH is 1. The first-order valence-electron chi connectivity index (χ1n) is 7.00. The highest BCUT2D eigenvalue weighted by Gasteiger charge is 2.37. The Morgan fingerprint density at radius 3 is 2.67 bits per heavy atom. The number of para-hydroxylation sites is 1. The zero-order valence-electron chi connectivity index (χ0n) is 11.9. The molecule has 114 valence electrons. The van der Waals surface area contributed by atoms with Crippen LogP contribution in [0.3, 0.4) is 0 Å². The fourth-order valence-electron chi connectivity index (χ4n) is 2.28. The zero-order chi connectivity index (χ0) is 15.2. The molecule has 1 amide bonds. The summed E-state index contributed by atoms with van der Waals surface area (Å²) in [6.07, 6.45) is -0.486. The highest BCUT2D eigenvalue weighted by Crippen LogP contribution is 2.21. The Kier molecular flexibility index (Phi) is 5.16. The summed E-state index contributed by atoms with van der Waals surface area (Å²) in [5, 5.41) is 9.72. The number of likely N-dealkylation sites (tertiary alicyclic amines) is 1. The van der Waals surface area contributed by atoms with Crippen LogP contribution in [0.15, 0.2) is 30.3 Å². The molecule has 0 radical (unpaired) electrons. The lowest BCUT2D eigenvalue weighted by atomic mass is 10.0. The van der Waals surface area contributed by atoms with Crippen molar-refractivity contribution in [3.05, 3.63) is 30.3 Å². The first-order valence-corrected chi connectivity index (χ1v) is 7.00. The molecule has 1 heterocycles. The van der Waals surface area contributed by atoms with Crippen molar-refractivity contribution in [2.24, 2.45) is 0 Å². The van der Waals surface area contributed by atoms with Crippen LogP contribution in [0.2, 0.25) is 0 Å². The van der Waals surface area contributed by atoms with Crippen LogP contribution in [0.1, 0.15) is 19.8 Å². The van der Waals surface area contributed by atoms with E-state index in [9.17, 15) is 14.7 Å². The largest absolute Gasteiger partial charge is 0.464 e. The van der Waals surface area contributed by atoms with Crippen molar-refractivity contribution in [2.45, 2.75) is 31.9 Å². The Balaban J connectivity index is 2.08. The third-order valence-electron chi connectivity index (χ3n) is 3.30. The van der Waals surface area contributed by atoms with Gasteiger partial charge in [0.1, 0.15) is 11.8 Å². The van der Waals surface area contributed by atoms with Crippen molar-refractivity contribution in [3.63, 3.8) is 0 Å². The number of hydrogen-bond donors (Lipinski definition) is 1. The van der Waals surface area contributed by atoms with Crippen molar-refractivity contribution in [3.8, 4) is 5.75 Å². The number of ether oxygens (including phenoxy) is 2. The smallest absolute Gasteiger partial charge is 0.416 e. The monoisotopic (exact) mass is 293 g/mol. The van der Waals surface area contributed by atoms with Gasteiger partial charge < -0.3 is 14.6 Å². The summed E-state index contributed by atoms with van der Waals surface area (Å²) in [5.74, 6) is -0.0698. The highest BCUT2D eigenvalue weighted by atomic mass is 16.6. The van der Waals surface area contributed by atoms with Gasteiger partial charge in [-0.3, -0.25) is 4.90 Å². The molecule has 0 aromatic heterocycles. The molecule has 6 nitrogen and oxygen atoms in total. The van der Waals surface area contributed by atoms with Gasteiger partial charge in [-0.1, -0.05) is 18.2 Å². The maximum atomic E-state index is 12.2. The van der Waals surface area contributed by atoms with E-state index < -0.39 is 24.2 Å². The van der Waals surface area contributed by atoms with E-state index in [1.54, 1.807) is 31.2 Å². The molecule has 21 heavy (non-hydrogen) atoms. The standard InChI is InChI=1S/C15H19NO5/c1-2-20-14(18)13-9-8-11(17)10-16(13)15(19)21-12-6-4-3-5-7-12/h3-7,11,13,17H,2,8-10H2,1H3/t11-,13+/m1/s1. The second kappa shape index (κ2) is 7.08. The number of β-amino-alcohol motifs (C(OH)–C–C–N with tert-alkyl or cyclic N) is 1.